The van der Waals surface area contributed by atoms with Gasteiger partial charge in [0.2, 0.25) is 5.91 Å². The van der Waals surface area contributed by atoms with Crippen molar-refractivity contribution in [2.75, 3.05) is 23.3 Å². The van der Waals surface area contributed by atoms with E-state index in [9.17, 15) is 14.0 Å². The predicted molar refractivity (Wildman–Crippen MR) is 122 cm³/mol. The molecule has 2 amide bonds. The van der Waals surface area contributed by atoms with Crippen molar-refractivity contribution in [3.05, 3.63) is 72.3 Å². The van der Waals surface area contributed by atoms with Crippen LogP contribution in [0, 0.1) is 5.82 Å². The summed E-state index contributed by atoms with van der Waals surface area (Å²) in [6, 6.07) is 13.6. The van der Waals surface area contributed by atoms with Gasteiger partial charge in [-0.3, -0.25) is 9.59 Å². The highest BCUT2D eigenvalue weighted by Gasteiger charge is 2.17. The first-order valence-electron chi connectivity index (χ1n) is 10.7. The molecule has 0 bridgehead atoms. The van der Waals surface area contributed by atoms with E-state index in [-0.39, 0.29) is 30.0 Å². The minimum absolute atomic E-state index is 0.126. The monoisotopic (exact) mass is 435 g/mol. The molecule has 4 rings (SSSR count). The molecule has 0 aliphatic carbocycles. The fourth-order valence-corrected chi connectivity index (χ4v) is 3.81. The number of hydrogen-bond acceptors (Lipinski definition) is 4. The normalized spacial score (nSPS) is 14.2. The molecule has 0 spiro atoms. The number of carbonyl (C=O) groups excluding carboxylic acids is 2. The van der Waals surface area contributed by atoms with Gasteiger partial charge in [-0.25, -0.2) is 9.07 Å². The van der Waals surface area contributed by atoms with Crippen molar-refractivity contribution in [3.63, 3.8) is 0 Å². The SMILES string of the molecule is CC(CC(=O)Nc1cccc(N2CCCC2)c1)NC(=O)c1cnn(-c2ccccc2F)c1. The molecule has 7 nitrogen and oxygen atoms in total. The number of para-hydroxylation sites is 1. The molecule has 1 unspecified atom stereocenters. The molecule has 2 heterocycles. The van der Waals surface area contributed by atoms with Crippen LogP contribution in [0.3, 0.4) is 0 Å². The second kappa shape index (κ2) is 9.64. The van der Waals surface area contributed by atoms with Gasteiger partial charge in [-0.05, 0) is 50.1 Å². The Morgan fingerprint density at radius 2 is 1.91 bits per heavy atom. The number of nitrogens with one attached hydrogen (secondary N) is 2. The number of halogens is 1. The van der Waals surface area contributed by atoms with Gasteiger partial charge >= 0.3 is 0 Å². The van der Waals surface area contributed by atoms with Gasteiger partial charge in [0, 0.05) is 43.1 Å². The minimum Gasteiger partial charge on any atom is -0.371 e. The van der Waals surface area contributed by atoms with E-state index >= 15 is 0 Å². The van der Waals surface area contributed by atoms with E-state index in [0.717, 1.165) is 24.5 Å². The summed E-state index contributed by atoms with van der Waals surface area (Å²) in [5.41, 5.74) is 2.39. The minimum atomic E-state index is -0.429. The number of carbonyl (C=O) groups is 2. The molecule has 1 fully saturated rings. The Bertz CT molecular complexity index is 1110. The van der Waals surface area contributed by atoms with Gasteiger partial charge in [0.15, 0.2) is 0 Å². The van der Waals surface area contributed by atoms with Gasteiger partial charge in [0.1, 0.15) is 11.5 Å². The molecule has 1 aliphatic rings. The lowest BCUT2D eigenvalue weighted by Gasteiger charge is -2.19. The lowest BCUT2D eigenvalue weighted by Crippen LogP contribution is -2.35. The van der Waals surface area contributed by atoms with Crippen molar-refractivity contribution < 1.29 is 14.0 Å². The summed E-state index contributed by atoms with van der Waals surface area (Å²) in [4.78, 5) is 27.3. The maximum absolute atomic E-state index is 13.9. The van der Waals surface area contributed by atoms with Crippen molar-refractivity contribution in [3.8, 4) is 5.69 Å². The molecule has 166 valence electrons. The maximum Gasteiger partial charge on any atom is 0.254 e. The molecule has 2 N–H and O–H groups in total. The fourth-order valence-electron chi connectivity index (χ4n) is 3.81. The first-order chi connectivity index (χ1) is 15.5. The zero-order chi connectivity index (χ0) is 22.5. The first-order valence-corrected chi connectivity index (χ1v) is 10.7. The van der Waals surface area contributed by atoms with Crippen LogP contribution in [0.1, 0.15) is 36.5 Å². The Balaban J connectivity index is 1.31. The topological polar surface area (TPSA) is 79.3 Å². The van der Waals surface area contributed by atoms with E-state index in [0.29, 0.717) is 5.56 Å². The van der Waals surface area contributed by atoms with E-state index in [2.05, 4.69) is 20.6 Å². The van der Waals surface area contributed by atoms with Gasteiger partial charge < -0.3 is 15.5 Å². The summed E-state index contributed by atoms with van der Waals surface area (Å²) >= 11 is 0. The van der Waals surface area contributed by atoms with E-state index in [1.807, 2.05) is 24.3 Å². The standard InChI is InChI=1S/C24H26FN5O2/c1-17(13-23(31)28-19-7-6-8-20(14-19)29-11-4-5-12-29)27-24(32)18-15-26-30(16-18)22-10-3-2-9-21(22)25/h2-3,6-10,14-17H,4-5,11-13H2,1H3,(H,27,32)(H,28,31). The molecule has 1 saturated heterocycles. The second-order valence-corrected chi connectivity index (χ2v) is 8.00. The molecule has 8 heteroatoms. The quantitative estimate of drug-likeness (QED) is 0.592. The zero-order valence-corrected chi connectivity index (χ0v) is 17.9. The van der Waals surface area contributed by atoms with Gasteiger partial charge in [0.05, 0.1) is 11.8 Å². The lowest BCUT2D eigenvalue weighted by atomic mass is 10.2. The predicted octanol–water partition coefficient (Wildman–Crippen LogP) is 3.76. The van der Waals surface area contributed by atoms with Crippen molar-refractivity contribution in [1.82, 2.24) is 15.1 Å². The Morgan fingerprint density at radius 1 is 1.12 bits per heavy atom. The number of nitrogens with zero attached hydrogens (tertiary/aromatic N) is 3. The fraction of sp³-hybridized carbons (Fsp3) is 0.292. The molecule has 1 atom stereocenters. The smallest absolute Gasteiger partial charge is 0.254 e. The molecule has 0 saturated carbocycles. The van der Waals surface area contributed by atoms with Crippen LogP contribution in [0.4, 0.5) is 15.8 Å². The molecule has 2 aromatic carbocycles. The number of amides is 2. The van der Waals surface area contributed by atoms with Gasteiger partial charge in [0.25, 0.3) is 5.91 Å². The molecule has 1 aliphatic heterocycles. The van der Waals surface area contributed by atoms with Crippen LogP contribution in [0.25, 0.3) is 5.69 Å². The van der Waals surface area contributed by atoms with Crippen LogP contribution < -0.4 is 15.5 Å². The average Bonchev–Trinajstić information content (AvgIpc) is 3.47. The molecular weight excluding hydrogens is 409 g/mol. The number of hydrogen-bond donors (Lipinski definition) is 2. The summed E-state index contributed by atoms with van der Waals surface area (Å²) in [5, 5.41) is 9.77. The summed E-state index contributed by atoms with van der Waals surface area (Å²) in [6.07, 6.45) is 5.34. The largest absolute Gasteiger partial charge is 0.371 e. The van der Waals surface area contributed by atoms with Gasteiger partial charge in [-0.1, -0.05) is 18.2 Å². The summed E-state index contributed by atoms with van der Waals surface area (Å²) in [6.45, 7) is 3.83. The Morgan fingerprint density at radius 3 is 2.69 bits per heavy atom. The van der Waals surface area contributed by atoms with E-state index in [1.54, 1.807) is 25.1 Å². The zero-order valence-electron chi connectivity index (χ0n) is 17.9. The van der Waals surface area contributed by atoms with Crippen LogP contribution in [0.15, 0.2) is 60.9 Å². The van der Waals surface area contributed by atoms with Crippen LogP contribution >= 0.6 is 0 Å². The van der Waals surface area contributed by atoms with Crippen molar-refractivity contribution >= 4 is 23.2 Å². The Hall–Kier alpha value is -3.68. The third-order valence-electron chi connectivity index (χ3n) is 5.41. The van der Waals surface area contributed by atoms with E-state index in [4.69, 9.17) is 0 Å². The van der Waals surface area contributed by atoms with Gasteiger partial charge in [-0.2, -0.15) is 5.10 Å². The van der Waals surface area contributed by atoms with Crippen LogP contribution in [0.2, 0.25) is 0 Å². The highest BCUT2D eigenvalue weighted by Crippen LogP contribution is 2.23. The summed E-state index contributed by atoms with van der Waals surface area (Å²) in [5.74, 6) is -0.983. The number of anilines is 2. The molecule has 0 radical (unpaired) electrons. The van der Waals surface area contributed by atoms with Crippen LogP contribution in [-0.2, 0) is 4.79 Å². The number of aromatic nitrogens is 2. The molecular formula is C24H26FN5O2. The number of benzene rings is 2. The van der Waals surface area contributed by atoms with E-state index < -0.39 is 5.82 Å². The highest BCUT2D eigenvalue weighted by molar-refractivity contribution is 5.95. The average molecular weight is 436 g/mol. The lowest BCUT2D eigenvalue weighted by molar-refractivity contribution is -0.116. The van der Waals surface area contributed by atoms with Crippen molar-refractivity contribution in [2.24, 2.45) is 0 Å². The highest BCUT2D eigenvalue weighted by atomic mass is 19.1. The third kappa shape index (κ3) is 5.14. The third-order valence-corrected chi connectivity index (χ3v) is 5.41. The summed E-state index contributed by atoms with van der Waals surface area (Å²) < 4.78 is 15.2. The Kier molecular flexibility index (Phi) is 6.49. The molecule has 3 aromatic rings. The number of rotatable bonds is 7. The molecule has 32 heavy (non-hydrogen) atoms. The van der Waals surface area contributed by atoms with Crippen molar-refractivity contribution in [1.29, 1.82) is 0 Å². The first kappa shape index (κ1) is 21.5. The summed E-state index contributed by atoms with van der Waals surface area (Å²) in [7, 11) is 0. The Labute approximate surface area is 186 Å². The van der Waals surface area contributed by atoms with Crippen LogP contribution in [-0.4, -0.2) is 40.7 Å². The maximum atomic E-state index is 13.9. The van der Waals surface area contributed by atoms with E-state index in [1.165, 1.54) is 36.0 Å². The van der Waals surface area contributed by atoms with Gasteiger partial charge in [-0.15, -0.1) is 0 Å². The van der Waals surface area contributed by atoms with Crippen molar-refractivity contribution in [2.45, 2.75) is 32.2 Å². The molecule has 1 aromatic heterocycles. The van der Waals surface area contributed by atoms with Crippen LogP contribution in [0.5, 0.6) is 0 Å². The second-order valence-electron chi connectivity index (χ2n) is 8.00.